The van der Waals surface area contributed by atoms with Crippen LogP contribution in [-0.2, 0) is 4.79 Å². The molecule has 0 fully saturated rings. The molecule has 0 bridgehead atoms. The molecule has 1 aromatic heterocycles. The first-order valence-electron chi connectivity index (χ1n) is 10.7. The van der Waals surface area contributed by atoms with E-state index in [9.17, 15) is 9.59 Å². The molecule has 2 rings (SSSR count). The fourth-order valence-corrected chi connectivity index (χ4v) is 3.35. The summed E-state index contributed by atoms with van der Waals surface area (Å²) in [6.07, 6.45) is 16.2. The predicted molar refractivity (Wildman–Crippen MR) is 125 cm³/mol. The van der Waals surface area contributed by atoms with Gasteiger partial charge in [-0.3, -0.25) is 19.7 Å². The number of hydrogen-bond donors (Lipinski definition) is 3. The van der Waals surface area contributed by atoms with Gasteiger partial charge in [-0.15, -0.1) is 0 Å². The number of hydrogen-bond acceptors (Lipinski definition) is 6. The lowest BCUT2D eigenvalue weighted by atomic mass is 10.1. The highest BCUT2D eigenvalue weighted by molar-refractivity contribution is 6.30. The topological polar surface area (TPSA) is 107 Å². The molecular formula is C23H30ClN5O3. The Morgan fingerprint density at radius 3 is 2.53 bits per heavy atom. The number of anilines is 1. The molecule has 0 atom stereocenters. The number of unbranched alkanes of at least 4 members (excludes halogenated alkanes) is 3. The summed E-state index contributed by atoms with van der Waals surface area (Å²) in [4.78, 5) is 33.9. The van der Waals surface area contributed by atoms with Gasteiger partial charge in [0.25, 0.3) is 5.91 Å². The summed E-state index contributed by atoms with van der Waals surface area (Å²) >= 11 is 6.28. The van der Waals surface area contributed by atoms with Crippen LogP contribution in [0.1, 0.15) is 62.2 Å². The van der Waals surface area contributed by atoms with Gasteiger partial charge >= 0.3 is 0 Å². The lowest BCUT2D eigenvalue weighted by molar-refractivity contribution is -0.129. The zero-order chi connectivity index (χ0) is 23.3. The van der Waals surface area contributed by atoms with Crippen molar-refractivity contribution >= 4 is 29.4 Å². The maximum absolute atomic E-state index is 12.4. The maximum Gasteiger partial charge on any atom is 0.254 e. The molecular weight excluding hydrogens is 430 g/mol. The molecule has 2 amide bonds. The van der Waals surface area contributed by atoms with Crippen LogP contribution in [0.25, 0.3) is 0 Å². The number of allylic oxidation sites excluding steroid dienone is 5. The number of carbonyl (C=O) groups is 2. The second-order valence-corrected chi connectivity index (χ2v) is 7.86. The number of amides is 2. The van der Waals surface area contributed by atoms with Gasteiger partial charge in [0.05, 0.1) is 11.3 Å². The fraction of sp³-hybridized carbons (Fsp3) is 0.391. The SMILES string of the molecule is C=C/C(=C(\C)Cl)N(C1=CCCC=C1)c1ncc(C(=O)NCCCCCCC(=O)NO)cn1. The Balaban J connectivity index is 1.95. The van der Waals surface area contributed by atoms with Gasteiger partial charge in [0.15, 0.2) is 0 Å². The summed E-state index contributed by atoms with van der Waals surface area (Å²) in [5, 5.41) is 11.9. The third-order valence-corrected chi connectivity index (χ3v) is 5.06. The maximum atomic E-state index is 12.4. The van der Waals surface area contributed by atoms with Crippen molar-refractivity contribution in [1.29, 1.82) is 0 Å². The molecule has 0 radical (unpaired) electrons. The van der Waals surface area contributed by atoms with Crippen LogP contribution < -0.4 is 15.7 Å². The van der Waals surface area contributed by atoms with Gasteiger partial charge < -0.3 is 5.32 Å². The van der Waals surface area contributed by atoms with Gasteiger partial charge in [-0.25, -0.2) is 15.4 Å². The highest BCUT2D eigenvalue weighted by Crippen LogP contribution is 2.27. The van der Waals surface area contributed by atoms with Crippen molar-refractivity contribution < 1.29 is 14.8 Å². The summed E-state index contributed by atoms with van der Waals surface area (Å²) in [5.74, 6) is -0.221. The molecule has 3 N–H and O–H groups in total. The van der Waals surface area contributed by atoms with E-state index in [2.05, 4.69) is 34.0 Å². The van der Waals surface area contributed by atoms with Gasteiger partial charge in [0.2, 0.25) is 11.9 Å². The Labute approximate surface area is 193 Å². The van der Waals surface area contributed by atoms with Crippen molar-refractivity contribution in [3.8, 4) is 0 Å². The van der Waals surface area contributed by atoms with Crippen LogP contribution in [0.4, 0.5) is 5.95 Å². The summed E-state index contributed by atoms with van der Waals surface area (Å²) < 4.78 is 0. The number of halogens is 1. The first-order chi connectivity index (χ1) is 15.5. The number of nitrogens with zero attached hydrogens (tertiary/aromatic N) is 3. The van der Waals surface area contributed by atoms with E-state index in [-0.39, 0.29) is 11.8 Å². The molecule has 1 aliphatic rings. The number of nitrogens with one attached hydrogen (secondary N) is 2. The van der Waals surface area contributed by atoms with Gasteiger partial charge in [0, 0.05) is 36.1 Å². The van der Waals surface area contributed by atoms with Crippen LogP contribution in [0.2, 0.25) is 0 Å². The Bertz CT molecular complexity index is 889. The van der Waals surface area contributed by atoms with E-state index in [0.717, 1.165) is 37.8 Å². The first-order valence-corrected chi connectivity index (χ1v) is 11.0. The number of rotatable bonds is 12. The monoisotopic (exact) mass is 459 g/mol. The van der Waals surface area contributed by atoms with Gasteiger partial charge in [-0.05, 0) is 44.8 Å². The molecule has 172 valence electrons. The van der Waals surface area contributed by atoms with E-state index in [1.807, 2.05) is 11.0 Å². The zero-order valence-electron chi connectivity index (χ0n) is 18.3. The molecule has 0 saturated carbocycles. The standard InChI is InChI=1S/C23H30ClN5O3/c1-3-20(17(2)24)29(19-11-7-6-8-12-19)23-26-15-18(16-27-23)22(31)25-14-10-5-4-9-13-21(30)28-32/h3,7,11-12,15-16,32H,1,4-6,8-10,13-14H2,2H3,(H,25,31)(H,28,30)/b20-17-. The number of aromatic nitrogens is 2. The smallest absolute Gasteiger partial charge is 0.254 e. The van der Waals surface area contributed by atoms with E-state index in [4.69, 9.17) is 16.8 Å². The molecule has 0 aliphatic heterocycles. The number of carbonyl (C=O) groups excluding carboxylic acids is 2. The van der Waals surface area contributed by atoms with Gasteiger partial charge in [-0.1, -0.05) is 43.2 Å². The Hall–Kier alpha value is -2.97. The minimum atomic E-state index is -0.381. The van der Waals surface area contributed by atoms with Crippen molar-refractivity contribution in [1.82, 2.24) is 20.8 Å². The van der Waals surface area contributed by atoms with E-state index in [1.54, 1.807) is 18.5 Å². The van der Waals surface area contributed by atoms with Crippen molar-refractivity contribution in [3.63, 3.8) is 0 Å². The quantitative estimate of drug-likeness (QED) is 0.185. The molecule has 8 nitrogen and oxygen atoms in total. The summed E-state index contributed by atoms with van der Waals surface area (Å²) in [7, 11) is 0. The third kappa shape index (κ3) is 7.62. The Morgan fingerprint density at radius 1 is 1.22 bits per heavy atom. The van der Waals surface area contributed by atoms with Crippen molar-refractivity contribution in [2.45, 2.75) is 51.9 Å². The average Bonchev–Trinajstić information content (AvgIpc) is 2.81. The summed E-state index contributed by atoms with van der Waals surface area (Å²) in [5.41, 5.74) is 3.56. The van der Waals surface area contributed by atoms with E-state index < -0.39 is 0 Å². The Morgan fingerprint density at radius 2 is 1.94 bits per heavy atom. The number of hydroxylamine groups is 1. The summed E-state index contributed by atoms with van der Waals surface area (Å²) in [6.45, 7) is 6.16. The van der Waals surface area contributed by atoms with Gasteiger partial charge in [0.1, 0.15) is 0 Å². The Kier molecular flexibility index (Phi) is 10.6. The molecule has 1 aliphatic carbocycles. The molecule has 0 unspecified atom stereocenters. The van der Waals surface area contributed by atoms with Crippen LogP contribution >= 0.6 is 11.6 Å². The average molecular weight is 460 g/mol. The van der Waals surface area contributed by atoms with Crippen molar-refractivity contribution in [2.24, 2.45) is 0 Å². The van der Waals surface area contributed by atoms with E-state index in [1.165, 1.54) is 12.4 Å². The molecule has 1 heterocycles. The predicted octanol–water partition coefficient (Wildman–Crippen LogP) is 4.36. The molecule has 32 heavy (non-hydrogen) atoms. The van der Waals surface area contributed by atoms with Crippen LogP contribution in [0.3, 0.4) is 0 Å². The summed E-state index contributed by atoms with van der Waals surface area (Å²) in [6, 6.07) is 0. The van der Waals surface area contributed by atoms with Crippen LogP contribution in [0.15, 0.2) is 59.7 Å². The lowest BCUT2D eigenvalue weighted by Crippen LogP contribution is -2.26. The lowest BCUT2D eigenvalue weighted by Gasteiger charge is -2.26. The van der Waals surface area contributed by atoms with E-state index in [0.29, 0.717) is 41.6 Å². The normalized spacial score (nSPS) is 13.7. The highest BCUT2D eigenvalue weighted by Gasteiger charge is 2.19. The van der Waals surface area contributed by atoms with Crippen LogP contribution in [-0.4, -0.2) is 33.5 Å². The van der Waals surface area contributed by atoms with Crippen molar-refractivity contribution in [3.05, 3.63) is 65.3 Å². The van der Waals surface area contributed by atoms with Crippen LogP contribution in [0, 0.1) is 0 Å². The molecule has 9 heteroatoms. The van der Waals surface area contributed by atoms with E-state index >= 15 is 0 Å². The molecule has 0 aromatic carbocycles. The zero-order valence-corrected chi connectivity index (χ0v) is 19.1. The third-order valence-electron chi connectivity index (χ3n) is 4.86. The first kappa shape index (κ1) is 25.3. The molecule has 0 spiro atoms. The fourth-order valence-electron chi connectivity index (χ4n) is 3.19. The molecule has 0 saturated heterocycles. The largest absolute Gasteiger partial charge is 0.352 e. The second-order valence-electron chi connectivity index (χ2n) is 7.29. The highest BCUT2D eigenvalue weighted by atomic mass is 35.5. The minimum Gasteiger partial charge on any atom is -0.352 e. The minimum absolute atomic E-state index is 0.243. The van der Waals surface area contributed by atoms with Crippen LogP contribution in [0.5, 0.6) is 0 Å². The van der Waals surface area contributed by atoms with Gasteiger partial charge in [-0.2, -0.15) is 0 Å². The van der Waals surface area contributed by atoms with Crippen molar-refractivity contribution in [2.75, 3.05) is 11.4 Å². The second kappa shape index (κ2) is 13.4. The molecule has 1 aromatic rings.